The van der Waals surface area contributed by atoms with Gasteiger partial charge in [-0.2, -0.15) is 0 Å². The van der Waals surface area contributed by atoms with Crippen molar-refractivity contribution in [2.45, 2.75) is 83.7 Å². The number of ketones is 1. The molecular weight excluding hydrogens is 324 g/mol. The summed E-state index contributed by atoms with van der Waals surface area (Å²) in [6.45, 7) is 4.76. The largest absolute Gasteiger partial charge is 0.458 e. The van der Waals surface area contributed by atoms with Gasteiger partial charge in [0.05, 0.1) is 0 Å². The van der Waals surface area contributed by atoms with Crippen LogP contribution in [-0.4, -0.2) is 17.4 Å². The Morgan fingerprint density at radius 3 is 2.65 bits per heavy atom. The van der Waals surface area contributed by atoms with Crippen molar-refractivity contribution in [3.05, 3.63) is 11.6 Å². The first-order valence-corrected chi connectivity index (χ1v) is 10.9. The Hall–Kier alpha value is -1.12. The molecular formula is C23H32O3. The van der Waals surface area contributed by atoms with Gasteiger partial charge >= 0.3 is 5.97 Å². The van der Waals surface area contributed by atoms with E-state index in [1.54, 1.807) is 0 Å². The van der Waals surface area contributed by atoms with Gasteiger partial charge in [-0.25, -0.2) is 0 Å². The summed E-state index contributed by atoms with van der Waals surface area (Å²) in [6, 6.07) is 0. The first-order chi connectivity index (χ1) is 12.5. The van der Waals surface area contributed by atoms with E-state index < -0.39 is 0 Å². The van der Waals surface area contributed by atoms with Crippen LogP contribution in [0.1, 0.15) is 78.1 Å². The van der Waals surface area contributed by atoms with E-state index in [9.17, 15) is 9.59 Å². The van der Waals surface area contributed by atoms with E-state index in [0.29, 0.717) is 30.0 Å². The second kappa shape index (κ2) is 5.69. The lowest BCUT2D eigenvalue weighted by Gasteiger charge is -2.57. The number of ether oxygens (including phenoxy) is 1. The molecule has 0 aromatic heterocycles. The first-order valence-electron chi connectivity index (χ1n) is 10.9. The van der Waals surface area contributed by atoms with Crippen molar-refractivity contribution in [1.29, 1.82) is 0 Å². The van der Waals surface area contributed by atoms with Crippen molar-refractivity contribution < 1.29 is 14.3 Å². The van der Waals surface area contributed by atoms with E-state index in [1.807, 2.05) is 6.08 Å². The van der Waals surface area contributed by atoms with Crippen LogP contribution in [0, 0.1) is 35.0 Å². The number of rotatable bonds is 1. The maximum Gasteiger partial charge on any atom is 0.306 e. The smallest absolute Gasteiger partial charge is 0.306 e. The summed E-state index contributed by atoms with van der Waals surface area (Å²) < 4.78 is 6.15. The summed E-state index contributed by atoms with van der Waals surface area (Å²) in [5.41, 5.74) is 1.48. The Morgan fingerprint density at radius 2 is 1.92 bits per heavy atom. The predicted octanol–water partition coefficient (Wildman–Crippen LogP) is 4.84. The Kier molecular flexibility index (Phi) is 3.72. The molecule has 5 aliphatic rings. The standard InChI is InChI=1S/C23H32O3/c1-3-22-10-8-18-17-7-5-16(24)12-15(17)4-6-19(18)21(22)14(2)13-23(22)11-9-20(25)26-23/h12,14,17-19,21H,3-11,13H2,1-2H3/t14-,17?,18?,19?,21?,22?,23?/m0/s1. The second-order valence-electron chi connectivity index (χ2n) is 9.92. The molecule has 0 aromatic rings. The van der Waals surface area contributed by atoms with Gasteiger partial charge in [-0.1, -0.05) is 19.4 Å². The third kappa shape index (κ3) is 2.06. The van der Waals surface area contributed by atoms with Gasteiger partial charge in [-0.15, -0.1) is 0 Å². The molecule has 142 valence electrons. The molecule has 6 unspecified atom stereocenters. The number of allylic oxidation sites excluding steroid dienone is 1. The zero-order valence-electron chi connectivity index (χ0n) is 16.3. The van der Waals surface area contributed by atoms with Crippen LogP contribution in [0.15, 0.2) is 11.6 Å². The minimum atomic E-state index is -0.174. The molecule has 4 fully saturated rings. The van der Waals surface area contributed by atoms with Crippen molar-refractivity contribution >= 4 is 11.8 Å². The highest BCUT2D eigenvalue weighted by Gasteiger charge is 2.69. The quantitative estimate of drug-likeness (QED) is 0.631. The topological polar surface area (TPSA) is 43.4 Å². The summed E-state index contributed by atoms with van der Waals surface area (Å²) in [5.74, 6) is 3.87. The molecule has 3 heteroatoms. The summed E-state index contributed by atoms with van der Waals surface area (Å²) >= 11 is 0. The Balaban J connectivity index is 1.51. The summed E-state index contributed by atoms with van der Waals surface area (Å²) in [6.07, 6.45) is 12.4. The predicted molar refractivity (Wildman–Crippen MR) is 99.3 cm³/mol. The Labute approximate surface area is 156 Å². The highest BCUT2D eigenvalue weighted by atomic mass is 16.6. The molecule has 26 heavy (non-hydrogen) atoms. The maximum atomic E-state index is 12.1. The summed E-state index contributed by atoms with van der Waals surface area (Å²) in [7, 11) is 0. The lowest BCUT2D eigenvalue weighted by Crippen LogP contribution is -2.54. The van der Waals surface area contributed by atoms with Crippen LogP contribution >= 0.6 is 0 Å². The average Bonchev–Trinajstić information content (AvgIpc) is 3.12. The van der Waals surface area contributed by atoms with Gasteiger partial charge < -0.3 is 4.74 Å². The van der Waals surface area contributed by atoms with E-state index in [4.69, 9.17) is 4.74 Å². The van der Waals surface area contributed by atoms with E-state index >= 15 is 0 Å². The second-order valence-corrected chi connectivity index (χ2v) is 9.92. The molecule has 1 spiro atoms. The van der Waals surface area contributed by atoms with Gasteiger partial charge in [0, 0.05) is 18.3 Å². The molecule has 7 atom stereocenters. The molecule has 0 aromatic carbocycles. The summed E-state index contributed by atoms with van der Waals surface area (Å²) in [5, 5.41) is 0. The van der Waals surface area contributed by atoms with Gasteiger partial charge in [0.1, 0.15) is 5.60 Å². The molecule has 0 amide bonds. The van der Waals surface area contributed by atoms with Gasteiger partial charge in [-0.3, -0.25) is 9.59 Å². The van der Waals surface area contributed by atoms with Crippen molar-refractivity contribution in [1.82, 2.24) is 0 Å². The lowest BCUT2D eigenvalue weighted by atomic mass is 9.48. The molecule has 0 N–H and O–H groups in total. The normalized spacial score (nSPS) is 50.1. The van der Waals surface area contributed by atoms with Crippen molar-refractivity contribution in [2.24, 2.45) is 35.0 Å². The van der Waals surface area contributed by atoms with Crippen LogP contribution < -0.4 is 0 Å². The number of esters is 1. The van der Waals surface area contributed by atoms with Gasteiger partial charge in [-0.05, 0) is 87.0 Å². The fourth-order valence-corrected chi connectivity index (χ4v) is 8.52. The number of hydrogen-bond acceptors (Lipinski definition) is 3. The monoisotopic (exact) mass is 356 g/mol. The third-order valence-electron chi connectivity index (χ3n) is 9.23. The van der Waals surface area contributed by atoms with E-state index in [0.717, 1.165) is 50.4 Å². The van der Waals surface area contributed by atoms with E-state index in [-0.39, 0.29) is 17.0 Å². The zero-order chi connectivity index (χ0) is 18.1. The summed E-state index contributed by atoms with van der Waals surface area (Å²) in [4.78, 5) is 24.0. The van der Waals surface area contributed by atoms with Crippen LogP contribution in [0.25, 0.3) is 0 Å². The number of carbonyl (C=O) groups is 2. The average molecular weight is 357 g/mol. The van der Waals surface area contributed by atoms with Crippen LogP contribution in [0.4, 0.5) is 0 Å². The minimum Gasteiger partial charge on any atom is -0.458 e. The molecule has 5 rings (SSSR count). The van der Waals surface area contributed by atoms with E-state index in [2.05, 4.69) is 13.8 Å². The number of hydrogen-bond donors (Lipinski definition) is 0. The highest BCUT2D eigenvalue weighted by molar-refractivity contribution is 5.91. The third-order valence-corrected chi connectivity index (χ3v) is 9.23. The molecule has 1 saturated heterocycles. The molecule has 0 bridgehead atoms. The first kappa shape index (κ1) is 17.0. The minimum absolute atomic E-state index is 0.0347. The number of carbonyl (C=O) groups excluding carboxylic acids is 2. The fourth-order valence-electron chi connectivity index (χ4n) is 8.52. The lowest BCUT2D eigenvalue weighted by molar-refractivity contribution is -0.170. The molecule has 1 aliphatic heterocycles. The van der Waals surface area contributed by atoms with Crippen LogP contribution in [0.2, 0.25) is 0 Å². The molecule has 3 nitrogen and oxygen atoms in total. The maximum absolute atomic E-state index is 12.1. The zero-order valence-corrected chi connectivity index (χ0v) is 16.3. The van der Waals surface area contributed by atoms with Crippen molar-refractivity contribution in [2.75, 3.05) is 0 Å². The Bertz CT molecular complexity index is 679. The molecule has 3 saturated carbocycles. The van der Waals surface area contributed by atoms with Crippen LogP contribution in [-0.2, 0) is 14.3 Å². The van der Waals surface area contributed by atoms with Crippen molar-refractivity contribution in [3.8, 4) is 0 Å². The SMILES string of the molecule is CCC12CCC3C4CCC(=O)C=C4CCC3C1[C@@H](C)CC21CCC(=O)O1. The van der Waals surface area contributed by atoms with Gasteiger partial charge in [0.15, 0.2) is 5.78 Å². The van der Waals surface area contributed by atoms with Crippen LogP contribution in [0.3, 0.4) is 0 Å². The van der Waals surface area contributed by atoms with Gasteiger partial charge in [0.25, 0.3) is 0 Å². The highest BCUT2D eigenvalue weighted by Crippen LogP contribution is 2.70. The molecule has 1 heterocycles. The number of fused-ring (bicyclic) bond motifs is 6. The molecule has 4 aliphatic carbocycles. The van der Waals surface area contributed by atoms with E-state index in [1.165, 1.54) is 24.8 Å². The van der Waals surface area contributed by atoms with Crippen molar-refractivity contribution in [3.63, 3.8) is 0 Å². The Morgan fingerprint density at radius 1 is 1.08 bits per heavy atom. The fraction of sp³-hybridized carbons (Fsp3) is 0.826. The van der Waals surface area contributed by atoms with Gasteiger partial charge in [0.2, 0.25) is 0 Å². The van der Waals surface area contributed by atoms with Crippen LogP contribution in [0.5, 0.6) is 0 Å². The molecule has 0 radical (unpaired) electrons.